The number of nitrogens with one attached hydrogen (secondary N) is 2. The Bertz CT molecular complexity index is 2940. The summed E-state index contributed by atoms with van der Waals surface area (Å²) < 4.78 is 44.4. The second kappa shape index (κ2) is 26.5. The van der Waals surface area contributed by atoms with Gasteiger partial charge in [-0.1, -0.05) is 80.9 Å². The number of sulfone groups is 1. The molecule has 19 heteroatoms. The fourth-order valence-corrected chi connectivity index (χ4v) is 12.2. The summed E-state index contributed by atoms with van der Waals surface area (Å²) in [4.78, 5) is 59.6. The van der Waals surface area contributed by atoms with E-state index >= 15 is 0 Å². The molecule has 2 saturated heterocycles. The highest BCUT2D eigenvalue weighted by molar-refractivity contribution is 7.92. The van der Waals surface area contributed by atoms with Crippen molar-refractivity contribution in [2.75, 3.05) is 52.6 Å². The van der Waals surface area contributed by atoms with Crippen LogP contribution in [0.25, 0.3) is 10.4 Å². The van der Waals surface area contributed by atoms with Crippen LogP contribution in [-0.2, 0) is 53.1 Å². The highest BCUT2D eigenvalue weighted by atomic mass is 35.5. The highest BCUT2D eigenvalue weighted by Crippen LogP contribution is 2.36. The quantitative estimate of drug-likeness (QED) is 0.0531. The Morgan fingerprint density at radius 2 is 1.64 bits per heavy atom. The third kappa shape index (κ3) is 15.7. The van der Waals surface area contributed by atoms with Gasteiger partial charge in [-0.3, -0.25) is 14.4 Å². The molecular formula is C58H76ClN7O9S2. The van der Waals surface area contributed by atoms with Crippen LogP contribution in [0.5, 0.6) is 5.75 Å². The maximum Gasteiger partial charge on any atom is 0.246 e. The van der Waals surface area contributed by atoms with Gasteiger partial charge in [0.1, 0.15) is 30.3 Å². The molecule has 2 aromatic heterocycles. The summed E-state index contributed by atoms with van der Waals surface area (Å²) >= 11 is 8.19. The van der Waals surface area contributed by atoms with Crippen molar-refractivity contribution in [3.8, 4) is 16.2 Å². The smallest absolute Gasteiger partial charge is 0.246 e. The minimum absolute atomic E-state index is 0.0154. The largest absolute Gasteiger partial charge is 0.491 e. The first-order valence-corrected chi connectivity index (χ1v) is 29.4. The minimum Gasteiger partial charge on any atom is -0.491 e. The van der Waals surface area contributed by atoms with E-state index in [4.69, 9.17) is 30.8 Å². The zero-order valence-electron chi connectivity index (χ0n) is 45.9. The van der Waals surface area contributed by atoms with Crippen molar-refractivity contribution in [2.45, 2.75) is 141 Å². The molecule has 7 rings (SSSR count). The van der Waals surface area contributed by atoms with Gasteiger partial charge in [-0.15, -0.1) is 11.3 Å². The van der Waals surface area contributed by atoms with E-state index in [9.17, 15) is 27.9 Å². The minimum atomic E-state index is -3.52. The van der Waals surface area contributed by atoms with Crippen LogP contribution in [0.3, 0.4) is 0 Å². The average molecular weight is 1110 g/mol. The van der Waals surface area contributed by atoms with Gasteiger partial charge in [0.25, 0.3) is 0 Å². The Morgan fingerprint density at radius 1 is 0.922 bits per heavy atom. The molecule has 3 atom stereocenters. The third-order valence-corrected chi connectivity index (χ3v) is 17.7. The normalized spacial score (nSPS) is 17.0. The number of thiazole rings is 1. The fraction of sp³-hybridized carbons (Fsp3) is 0.517. The molecule has 4 heterocycles. The van der Waals surface area contributed by atoms with Gasteiger partial charge in [-0.05, 0) is 119 Å². The first kappa shape index (κ1) is 59.3. The summed E-state index contributed by atoms with van der Waals surface area (Å²) in [6.07, 6.45) is 3.37. The number of carbonyl (C=O) groups is 3. The molecule has 3 aromatic carbocycles. The second-order valence-corrected chi connectivity index (χ2v) is 25.6. The van der Waals surface area contributed by atoms with Gasteiger partial charge in [0.15, 0.2) is 9.84 Å². The number of piperidine rings is 1. The van der Waals surface area contributed by atoms with Crippen LogP contribution in [0.2, 0.25) is 5.02 Å². The van der Waals surface area contributed by atoms with E-state index in [0.717, 1.165) is 65.5 Å². The number of amides is 3. The molecule has 2 aliphatic heterocycles. The van der Waals surface area contributed by atoms with Crippen LogP contribution in [0, 0.1) is 19.3 Å². The maximum absolute atomic E-state index is 14.1. The van der Waals surface area contributed by atoms with Crippen molar-refractivity contribution < 1.29 is 42.1 Å². The number of aryl methyl sites for hydroxylation is 2. The van der Waals surface area contributed by atoms with Crippen molar-refractivity contribution in [3.05, 3.63) is 122 Å². The van der Waals surface area contributed by atoms with Gasteiger partial charge >= 0.3 is 0 Å². The first-order chi connectivity index (χ1) is 36.6. The van der Waals surface area contributed by atoms with Crippen LogP contribution < -0.4 is 15.4 Å². The molecule has 416 valence electrons. The van der Waals surface area contributed by atoms with Crippen molar-refractivity contribution in [1.82, 2.24) is 35.4 Å². The average Bonchev–Trinajstić information content (AvgIpc) is 4.01. The summed E-state index contributed by atoms with van der Waals surface area (Å²) in [6, 6.07) is 17.4. The summed E-state index contributed by atoms with van der Waals surface area (Å²) in [5, 5.41) is 16.2. The van der Waals surface area contributed by atoms with E-state index in [0.29, 0.717) is 47.7 Å². The van der Waals surface area contributed by atoms with Crippen molar-refractivity contribution in [1.29, 1.82) is 0 Å². The van der Waals surface area contributed by atoms with E-state index in [2.05, 4.69) is 44.6 Å². The van der Waals surface area contributed by atoms with E-state index in [1.54, 1.807) is 49.6 Å². The van der Waals surface area contributed by atoms with Crippen LogP contribution in [0.4, 0.5) is 0 Å². The molecule has 2 fully saturated rings. The molecule has 0 bridgehead atoms. The number of ether oxygens (including phenoxy) is 3. The van der Waals surface area contributed by atoms with E-state index in [1.165, 1.54) is 16.0 Å². The first-order valence-electron chi connectivity index (χ1n) is 26.6. The number of aromatic nitrogens is 3. The van der Waals surface area contributed by atoms with Crippen molar-refractivity contribution in [3.63, 3.8) is 0 Å². The molecule has 0 aliphatic carbocycles. The number of likely N-dealkylation sites (tertiary alicyclic amines) is 2. The summed E-state index contributed by atoms with van der Waals surface area (Å²) in [5.41, 5.74) is 8.62. The lowest BCUT2D eigenvalue weighted by molar-refractivity contribution is -0.144. The summed E-state index contributed by atoms with van der Waals surface area (Å²) in [6.45, 7) is 20.6. The molecule has 5 aromatic rings. The number of aliphatic hydroxyl groups excluding tert-OH is 1. The third-order valence-electron chi connectivity index (χ3n) is 14.2. The van der Waals surface area contributed by atoms with Crippen molar-refractivity contribution >= 4 is 50.5 Å². The Kier molecular flexibility index (Phi) is 20.4. The number of rotatable bonds is 23. The van der Waals surface area contributed by atoms with Gasteiger partial charge in [-0.2, -0.15) is 0 Å². The molecule has 16 nitrogen and oxygen atoms in total. The zero-order chi connectivity index (χ0) is 55.6. The SMILES string of the molecule is Cc1cc(Cc2ncc(Cl)c(Cc3ccccc3S(=O)(=O)C(C)C)n2)c(OC(C)C)cc1C1CCN(CCOCCOCC(=O)N[C@H](C(=O)N2C[C@H](O)C[C@H]2C(=O)NCc2ccc(-c3scnc3C)cc2)C(C)(C)C)CC1. The van der Waals surface area contributed by atoms with E-state index in [1.807, 2.05) is 77.4 Å². The van der Waals surface area contributed by atoms with E-state index < -0.39 is 50.5 Å². The molecule has 77 heavy (non-hydrogen) atoms. The van der Waals surface area contributed by atoms with Gasteiger partial charge in [-0.25, -0.2) is 23.4 Å². The second-order valence-electron chi connectivity index (χ2n) is 21.8. The van der Waals surface area contributed by atoms with E-state index in [-0.39, 0.29) is 56.1 Å². The number of hydrogen-bond donors (Lipinski definition) is 3. The molecular weight excluding hydrogens is 1040 g/mol. The molecule has 0 unspecified atom stereocenters. The van der Waals surface area contributed by atoms with Gasteiger partial charge in [0, 0.05) is 50.7 Å². The predicted octanol–water partition coefficient (Wildman–Crippen LogP) is 8.04. The predicted molar refractivity (Wildman–Crippen MR) is 300 cm³/mol. The Balaban J connectivity index is 0.838. The van der Waals surface area contributed by atoms with Gasteiger partial charge in [0.05, 0.1) is 69.0 Å². The lowest BCUT2D eigenvalue weighted by atomic mass is 9.85. The van der Waals surface area contributed by atoms with Crippen molar-refractivity contribution in [2.24, 2.45) is 5.41 Å². The summed E-state index contributed by atoms with van der Waals surface area (Å²) in [7, 11) is -3.52. The van der Waals surface area contributed by atoms with Gasteiger partial charge < -0.3 is 39.8 Å². The lowest BCUT2D eigenvalue weighted by Gasteiger charge is -2.35. The molecule has 3 N–H and O–H groups in total. The van der Waals surface area contributed by atoms with Crippen LogP contribution in [-0.4, -0.2) is 138 Å². The number of benzene rings is 3. The van der Waals surface area contributed by atoms with Crippen LogP contribution in [0.1, 0.15) is 119 Å². The number of hydrogen-bond acceptors (Lipinski definition) is 14. The van der Waals surface area contributed by atoms with Gasteiger partial charge in [0.2, 0.25) is 17.7 Å². The number of aliphatic hydroxyl groups is 1. The molecule has 3 amide bonds. The number of halogens is 1. The molecule has 0 spiro atoms. The number of nitrogens with zero attached hydrogens (tertiary/aromatic N) is 5. The molecule has 2 aliphatic rings. The monoisotopic (exact) mass is 1110 g/mol. The van der Waals surface area contributed by atoms with Crippen LogP contribution >= 0.6 is 22.9 Å². The zero-order valence-corrected chi connectivity index (χ0v) is 48.3. The fourth-order valence-electron chi connectivity index (χ4n) is 9.92. The molecule has 0 saturated carbocycles. The Hall–Kier alpha value is -5.34. The highest BCUT2D eigenvalue weighted by Gasteiger charge is 2.44. The van der Waals surface area contributed by atoms with Crippen LogP contribution in [0.15, 0.2) is 77.3 Å². The topological polar surface area (TPSA) is 202 Å². The molecule has 0 radical (unpaired) electrons. The Morgan fingerprint density at radius 3 is 2.31 bits per heavy atom. The number of β-amino-alcohol motifs (C(OH)–C–C–N with tert-alkyl or cyclic N) is 1. The Labute approximate surface area is 463 Å². The number of carbonyl (C=O) groups excluding carboxylic acids is 3. The maximum atomic E-state index is 14.1. The lowest BCUT2D eigenvalue weighted by Crippen LogP contribution is -2.58. The standard InChI is InChI=1S/C58H76ClN7O9S2/c1-36(2)75-50-30-46(38(5)26-44(50)28-52-60-32-47(59)48(63-52)27-43-12-10-11-13-51(43)77(71,72)37(3)4)41-18-20-65(21-19-41)22-23-73-24-25-74-34-53(68)64-55(58(7,8)9)57(70)66-33-45(67)29-49(66)56(69)61-31-40-14-16-42(17-15-40)54-39(6)62-35-76-54/h10-17,26,30,32,35-37,41,45,49,55,67H,18-25,27-29,31,33-34H2,1-9H3,(H,61,69)(H,64,68)/t45-,49+,55-/m1/s1. The summed E-state index contributed by atoms with van der Waals surface area (Å²) in [5.74, 6) is 0.443.